The maximum absolute atomic E-state index is 13.1. The lowest BCUT2D eigenvalue weighted by Gasteiger charge is -2.19. The van der Waals surface area contributed by atoms with Gasteiger partial charge in [-0.3, -0.25) is 4.79 Å². The fourth-order valence-electron chi connectivity index (χ4n) is 2.67. The Morgan fingerprint density at radius 1 is 0.931 bits per heavy atom. The minimum absolute atomic E-state index is 0.128. The Labute approximate surface area is 173 Å². The Morgan fingerprint density at radius 3 is 2.17 bits per heavy atom. The minimum atomic E-state index is -4.04. The van der Waals surface area contributed by atoms with E-state index in [0.29, 0.717) is 10.7 Å². The molecule has 3 rings (SSSR count). The molecule has 8 heteroatoms. The summed E-state index contributed by atoms with van der Waals surface area (Å²) in [6, 6.07) is 18.8. The van der Waals surface area contributed by atoms with Gasteiger partial charge in [-0.15, -0.1) is 0 Å². The summed E-state index contributed by atoms with van der Waals surface area (Å²) in [4.78, 5) is 12.7. The number of carbonyl (C=O) groups excluding carboxylic acids is 1. The molecular formula is C21H18ClFN2O3S. The molecule has 2 N–H and O–H groups in total. The predicted octanol–water partition coefficient (Wildman–Crippen LogP) is 4.01. The van der Waals surface area contributed by atoms with Crippen LogP contribution in [0.25, 0.3) is 0 Å². The number of halogens is 2. The van der Waals surface area contributed by atoms with Crippen LogP contribution < -0.4 is 10.0 Å². The van der Waals surface area contributed by atoms with Crippen LogP contribution in [0.1, 0.15) is 5.56 Å². The van der Waals surface area contributed by atoms with Gasteiger partial charge in [-0.1, -0.05) is 41.9 Å². The average molecular weight is 433 g/mol. The van der Waals surface area contributed by atoms with E-state index in [0.717, 1.165) is 29.8 Å². The predicted molar refractivity (Wildman–Crippen MR) is 111 cm³/mol. The summed E-state index contributed by atoms with van der Waals surface area (Å²) in [5.74, 6) is -1.08. The lowest BCUT2D eigenvalue weighted by molar-refractivity contribution is -0.117. The van der Waals surface area contributed by atoms with Gasteiger partial charge < -0.3 is 5.32 Å². The van der Waals surface area contributed by atoms with E-state index in [1.165, 1.54) is 0 Å². The van der Waals surface area contributed by atoms with E-state index >= 15 is 0 Å². The zero-order valence-electron chi connectivity index (χ0n) is 15.2. The van der Waals surface area contributed by atoms with Crippen LogP contribution >= 0.6 is 11.6 Å². The van der Waals surface area contributed by atoms with Crippen LogP contribution in [0.15, 0.2) is 83.8 Å². The zero-order valence-corrected chi connectivity index (χ0v) is 16.8. The fourth-order valence-corrected chi connectivity index (χ4v) is 3.99. The molecule has 1 atom stereocenters. The molecule has 0 radical (unpaired) electrons. The van der Waals surface area contributed by atoms with E-state index in [4.69, 9.17) is 11.6 Å². The van der Waals surface area contributed by atoms with E-state index in [1.54, 1.807) is 48.5 Å². The van der Waals surface area contributed by atoms with Crippen molar-refractivity contribution in [2.24, 2.45) is 0 Å². The van der Waals surface area contributed by atoms with Crippen molar-refractivity contribution in [3.63, 3.8) is 0 Å². The van der Waals surface area contributed by atoms with Crippen molar-refractivity contribution in [2.45, 2.75) is 17.4 Å². The van der Waals surface area contributed by atoms with Gasteiger partial charge in [0, 0.05) is 10.7 Å². The lowest BCUT2D eigenvalue weighted by atomic mass is 10.1. The number of hydrogen-bond acceptors (Lipinski definition) is 3. The number of hydrogen-bond donors (Lipinski definition) is 2. The lowest BCUT2D eigenvalue weighted by Crippen LogP contribution is -2.45. The first-order chi connectivity index (χ1) is 13.8. The minimum Gasteiger partial charge on any atom is -0.325 e. The highest BCUT2D eigenvalue weighted by molar-refractivity contribution is 7.89. The van der Waals surface area contributed by atoms with Gasteiger partial charge >= 0.3 is 0 Å². The highest BCUT2D eigenvalue weighted by Gasteiger charge is 2.26. The summed E-state index contributed by atoms with van der Waals surface area (Å²) in [6.45, 7) is 0. The average Bonchev–Trinajstić information content (AvgIpc) is 2.70. The maximum atomic E-state index is 13.1. The highest BCUT2D eigenvalue weighted by atomic mass is 35.5. The molecule has 1 amide bonds. The van der Waals surface area contributed by atoms with Gasteiger partial charge in [0.2, 0.25) is 15.9 Å². The van der Waals surface area contributed by atoms with Gasteiger partial charge in [-0.25, -0.2) is 12.8 Å². The Hall–Kier alpha value is -2.74. The Bertz CT molecular complexity index is 1070. The van der Waals surface area contributed by atoms with Crippen LogP contribution in [0.2, 0.25) is 5.02 Å². The third-order valence-corrected chi connectivity index (χ3v) is 5.87. The van der Waals surface area contributed by atoms with Crippen molar-refractivity contribution in [2.75, 3.05) is 5.32 Å². The summed E-state index contributed by atoms with van der Waals surface area (Å²) in [5.41, 5.74) is 1.27. The molecule has 0 aliphatic heterocycles. The van der Waals surface area contributed by atoms with Crippen molar-refractivity contribution >= 4 is 33.2 Å². The van der Waals surface area contributed by atoms with E-state index in [1.807, 2.05) is 6.07 Å². The molecule has 29 heavy (non-hydrogen) atoms. The van der Waals surface area contributed by atoms with E-state index in [-0.39, 0.29) is 11.3 Å². The SMILES string of the molecule is O=C(Nc1ccc(Cl)cc1)[C@@H](Cc1ccccc1)NS(=O)(=O)c1ccc(F)cc1. The monoisotopic (exact) mass is 432 g/mol. The van der Waals surface area contributed by atoms with Crippen molar-refractivity contribution < 1.29 is 17.6 Å². The van der Waals surface area contributed by atoms with Gasteiger partial charge in [0.25, 0.3) is 0 Å². The largest absolute Gasteiger partial charge is 0.325 e. The van der Waals surface area contributed by atoms with Crippen LogP contribution in [0.3, 0.4) is 0 Å². The summed E-state index contributed by atoms with van der Waals surface area (Å²) < 4.78 is 41.0. The summed E-state index contributed by atoms with van der Waals surface area (Å²) >= 11 is 5.85. The maximum Gasteiger partial charge on any atom is 0.242 e. The summed E-state index contributed by atoms with van der Waals surface area (Å²) in [5, 5.41) is 3.20. The molecule has 0 saturated heterocycles. The van der Waals surface area contributed by atoms with Crippen LogP contribution in [-0.2, 0) is 21.2 Å². The highest BCUT2D eigenvalue weighted by Crippen LogP contribution is 2.16. The zero-order chi connectivity index (χ0) is 20.9. The summed E-state index contributed by atoms with van der Waals surface area (Å²) in [7, 11) is -4.04. The molecule has 0 saturated carbocycles. The molecule has 0 unspecified atom stereocenters. The number of benzene rings is 3. The second-order valence-electron chi connectivity index (χ2n) is 6.31. The van der Waals surface area contributed by atoms with Crippen LogP contribution in [0.5, 0.6) is 0 Å². The van der Waals surface area contributed by atoms with E-state index in [2.05, 4.69) is 10.0 Å². The molecule has 0 heterocycles. The second kappa shape index (κ2) is 9.17. The molecule has 150 valence electrons. The van der Waals surface area contributed by atoms with Gasteiger partial charge in [-0.2, -0.15) is 4.72 Å². The first kappa shape index (κ1) is 21.0. The number of carbonyl (C=O) groups is 1. The molecule has 3 aromatic rings. The second-order valence-corrected chi connectivity index (χ2v) is 8.46. The Morgan fingerprint density at radius 2 is 1.55 bits per heavy atom. The van der Waals surface area contributed by atoms with Crippen molar-refractivity contribution in [1.29, 1.82) is 0 Å². The first-order valence-corrected chi connectivity index (χ1v) is 10.6. The van der Waals surface area contributed by atoms with E-state index in [9.17, 15) is 17.6 Å². The Kier molecular flexibility index (Phi) is 6.64. The standard InChI is InChI=1S/C21H18ClFN2O3S/c22-16-6-10-18(11-7-16)24-21(26)20(14-15-4-2-1-3-5-15)25-29(27,28)19-12-8-17(23)9-13-19/h1-13,20,25H,14H2,(H,24,26)/t20-/m1/s1. The van der Waals surface area contributed by atoms with Crippen LogP contribution in [0, 0.1) is 5.82 Å². The molecule has 0 aliphatic rings. The van der Waals surface area contributed by atoms with Crippen molar-refractivity contribution in [1.82, 2.24) is 4.72 Å². The van der Waals surface area contributed by atoms with Gasteiger partial charge in [0.15, 0.2) is 0 Å². The van der Waals surface area contributed by atoms with Crippen LogP contribution in [0.4, 0.5) is 10.1 Å². The number of amides is 1. The number of nitrogens with one attached hydrogen (secondary N) is 2. The quantitative estimate of drug-likeness (QED) is 0.592. The topological polar surface area (TPSA) is 75.3 Å². The van der Waals surface area contributed by atoms with Crippen molar-refractivity contribution in [3.8, 4) is 0 Å². The first-order valence-electron chi connectivity index (χ1n) is 8.72. The number of rotatable bonds is 7. The molecule has 0 fully saturated rings. The molecule has 0 spiro atoms. The molecular weight excluding hydrogens is 415 g/mol. The molecule has 0 aromatic heterocycles. The van der Waals surface area contributed by atoms with Crippen LogP contribution in [-0.4, -0.2) is 20.4 Å². The van der Waals surface area contributed by atoms with Gasteiger partial charge in [0.1, 0.15) is 11.9 Å². The molecule has 0 aliphatic carbocycles. The van der Waals surface area contributed by atoms with Crippen molar-refractivity contribution in [3.05, 3.63) is 95.3 Å². The number of anilines is 1. The molecule has 3 aromatic carbocycles. The smallest absolute Gasteiger partial charge is 0.242 e. The third-order valence-electron chi connectivity index (χ3n) is 4.13. The summed E-state index contributed by atoms with van der Waals surface area (Å²) in [6.07, 6.45) is 0.140. The fraction of sp³-hybridized carbons (Fsp3) is 0.0952. The van der Waals surface area contributed by atoms with E-state index < -0.39 is 27.8 Å². The molecule has 5 nitrogen and oxygen atoms in total. The molecule has 0 bridgehead atoms. The Balaban J connectivity index is 1.84. The third kappa shape index (κ3) is 5.87. The van der Waals surface area contributed by atoms with Gasteiger partial charge in [0.05, 0.1) is 4.90 Å². The number of sulfonamides is 1. The van der Waals surface area contributed by atoms with Gasteiger partial charge in [-0.05, 0) is 60.5 Å². The normalized spacial score (nSPS) is 12.3.